The van der Waals surface area contributed by atoms with Crippen LogP contribution in [0.3, 0.4) is 0 Å². The van der Waals surface area contributed by atoms with Crippen LogP contribution in [0.4, 0.5) is 4.39 Å². The lowest BCUT2D eigenvalue weighted by atomic mass is 10.1. The Hall–Kier alpha value is -3.13. The van der Waals surface area contributed by atoms with Gasteiger partial charge >= 0.3 is 0 Å². The van der Waals surface area contributed by atoms with E-state index in [1.165, 1.54) is 35.2 Å². The van der Waals surface area contributed by atoms with Crippen molar-refractivity contribution in [1.29, 1.82) is 0 Å². The molecule has 3 amide bonds. The van der Waals surface area contributed by atoms with E-state index >= 15 is 0 Å². The van der Waals surface area contributed by atoms with Gasteiger partial charge in [-0.25, -0.2) is 4.39 Å². The van der Waals surface area contributed by atoms with E-state index in [4.69, 9.17) is 16.3 Å². The molecule has 1 atom stereocenters. The van der Waals surface area contributed by atoms with Gasteiger partial charge in [0, 0.05) is 23.7 Å². The van der Waals surface area contributed by atoms with E-state index in [9.17, 15) is 18.8 Å². The lowest BCUT2D eigenvalue weighted by Crippen LogP contribution is -2.45. The first-order chi connectivity index (χ1) is 15.3. The molecule has 1 aliphatic heterocycles. The lowest BCUT2D eigenvalue weighted by molar-refractivity contribution is -0.122. The maximum absolute atomic E-state index is 13.2. The maximum Gasteiger partial charge on any atom is 0.255 e. The summed E-state index contributed by atoms with van der Waals surface area (Å²) in [6.07, 6.45) is 1.16. The lowest BCUT2D eigenvalue weighted by Gasteiger charge is -2.23. The summed E-state index contributed by atoms with van der Waals surface area (Å²) < 4.78 is 19.0. The van der Waals surface area contributed by atoms with Gasteiger partial charge in [-0.2, -0.15) is 0 Å². The molecule has 0 bridgehead atoms. The second-order valence-corrected chi connectivity index (χ2v) is 8.05. The van der Waals surface area contributed by atoms with Crippen molar-refractivity contribution >= 4 is 29.3 Å². The number of benzene rings is 2. The summed E-state index contributed by atoms with van der Waals surface area (Å²) >= 11 is 6.04. The molecule has 0 saturated heterocycles. The van der Waals surface area contributed by atoms with E-state index in [2.05, 4.69) is 10.6 Å². The van der Waals surface area contributed by atoms with Crippen LogP contribution >= 0.6 is 11.6 Å². The zero-order valence-electron chi connectivity index (χ0n) is 17.7. The maximum atomic E-state index is 13.2. The minimum absolute atomic E-state index is 0.125. The van der Waals surface area contributed by atoms with Crippen LogP contribution in [0.2, 0.25) is 5.02 Å². The van der Waals surface area contributed by atoms with Crippen LogP contribution in [-0.2, 0) is 4.79 Å². The molecule has 1 aliphatic rings. The number of rotatable bonds is 1. The van der Waals surface area contributed by atoms with Gasteiger partial charge in [0.05, 0.1) is 18.2 Å². The first-order valence-electron chi connectivity index (χ1n) is 10.4. The Balaban J connectivity index is 1.75. The van der Waals surface area contributed by atoms with E-state index in [-0.39, 0.29) is 36.9 Å². The summed E-state index contributed by atoms with van der Waals surface area (Å²) in [5.41, 5.74) is 0.619. The smallest absolute Gasteiger partial charge is 0.255 e. The number of nitrogens with zero attached hydrogens (tertiary/aromatic N) is 1. The second kappa shape index (κ2) is 10.9. The minimum atomic E-state index is -0.441. The van der Waals surface area contributed by atoms with Crippen LogP contribution in [-0.4, -0.2) is 54.9 Å². The largest absolute Gasteiger partial charge is 0.491 e. The van der Waals surface area contributed by atoms with Crippen molar-refractivity contribution in [3.05, 3.63) is 64.4 Å². The van der Waals surface area contributed by atoms with Crippen molar-refractivity contribution in [2.24, 2.45) is 0 Å². The molecule has 2 N–H and O–H groups in total. The van der Waals surface area contributed by atoms with Crippen molar-refractivity contribution in [2.45, 2.75) is 25.8 Å². The second-order valence-electron chi connectivity index (χ2n) is 7.62. The standard InChI is InChI=1S/C23H25ClFN3O4/c1-15-14-32-20-9-6-17(24)12-19(20)22(30)26-10-2-3-11-28(13-21(29)27-15)23(31)16-4-7-18(25)8-5-16/h4-9,12,15H,2-3,10-11,13-14H2,1H3,(H,26,30)(H,27,29)/t15-/m1/s1. The summed E-state index contributed by atoms with van der Waals surface area (Å²) in [6.45, 7) is 2.44. The van der Waals surface area contributed by atoms with Gasteiger partial charge in [0.1, 0.15) is 18.2 Å². The number of fused-ring (bicyclic) bond motifs is 1. The third-order valence-corrected chi connectivity index (χ3v) is 5.17. The highest BCUT2D eigenvalue weighted by atomic mass is 35.5. The highest BCUT2D eigenvalue weighted by Gasteiger charge is 2.21. The Morgan fingerprint density at radius 3 is 2.66 bits per heavy atom. The molecule has 7 nitrogen and oxygen atoms in total. The predicted molar refractivity (Wildman–Crippen MR) is 118 cm³/mol. The van der Waals surface area contributed by atoms with Crippen molar-refractivity contribution < 1.29 is 23.5 Å². The van der Waals surface area contributed by atoms with Crippen LogP contribution < -0.4 is 15.4 Å². The Labute approximate surface area is 190 Å². The summed E-state index contributed by atoms with van der Waals surface area (Å²) in [4.78, 5) is 39.5. The summed E-state index contributed by atoms with van der Waals surface area (Å²) in [5.74, 6) is -1.08. The number of hydrogen-bond acceptors (Lipinski definition) is 4. The highest BCUT2D eigenvalue weighted by Crippen LogP contribution is 2.23. The van der Waals surface area contributed by atoms with Gasteiger partial charge in [0.25, 0.3) is 11.8 Å². The Kier molecular flexibility index (Phi) is 8.05. The Bertz CT molecular complexity index is 984. The van der Waals surface area contributed by atoms with Crippen LogP contribution in [0.5, 0.6) is 5.75 Å². The SMILES string of the molecule is C[C@@H]1COc2ccc(Cl)cc2C(=O)NCCCCN(C(=O)c2ccc(F)cc2)CC(=O)N1. The number of ether oxygens (including phenoxy) is 1. The molecule has 32 heavy (non-hydrogen) atoms. The number of nitrogens with one attached hydrogen (secondary N) is 2. The first kappa shape index (κ1) is 23.5. The van der Waals surface area contributed by atoms with E-state index in [1.807, 2.05) is 0 Å². The fourth-order valence-electron chi connectivity index (χ4n) is 3.31. The van der Waals surface area contributed by atoms with Gasteiger partial charge in [-0.05, 0) is 62.2 Å². The predicted octanol–water partition coefficient (Wildman–Crippen LogP) is 3.03. The first-order valence-corrected chi connectivity index (χ1v) is 10.8. The van der Waals surface area contributed by atoms with E-state index in [0.29, 0.717) is 47.8 Å². The van der Waals surface area contributed by atoms with Crippen molar-refractivity contribution in [2.75, 3.05) is 26.2 Å². The summed E-state index contributed by atoms with van der Waals surface area (Å²) in [6, 6.07) is 9.61. The number of halogens is 2. The molecule has 0 aliphatic carbocycles. The average molecular weight is 462 g/mol. The van der Waals surface area contributed by atoms with Gasteiger partial charge in [-0.15, -0.1) is 0 Å². The van der Waals surface area contributed by atoms with E-state index in [0.717, 1.165) is 0 Å². The van der Waals surface area contributed by atoms with Gasteiger partial charge in [0.15, 0.2) is 0 Å². The molecule has 0 saturated carbocycles. The molecule has 0 unspecified atom stereocenters. The molecular formula is C23H25ClFN3O4. The fourth-order valence-corrected chi connectivity index (χ4v) is 3.48. The van der Waals surface area contributed by atoms with Gasteiger partial charge in [0.2, 0.25) is 5.91 Å². The number of carbonyl (C=O) groups is 3. The van der Waals surface area contributed by atoms with Crippen LogP contribution in [0.15, 0.2) is 42.5 Å². The van der Waals surface area contributed by atoms with Crippen molar-refractivity contribution in [3.63, 3.8) is 0 Å². The molecule has 3 rings (SSSR count). The Morgan fingerprint density at radius 2 is 1.91 bits per heavy atom. The molecular weight excluding hydrogens is 437 g/mol. The van der Waals surface area contributed by atoms with E-state index in [1.54, 1.807) is 19.1 Å². The highest BCUT2D eigenvalue weighted by molar-refractivity contribution is 6.31. The Morgan fingerprint density at radius 1 is 1.16 bits per heavy atom. The van der Waals surface area contributed by atoms with Crippen molar-refractivity contribution in [1.82, 2.24) is 15.5 Å². The molecule has 0 radical (unpaired) electrons. The normalized spacial score (nSPS) is 18.3. The quantitative estimate of drug-likeness (QED) is 0.683. The van der Waals surface area contributed by atoms with Gasteiger partial charge in [-0.1, -0.05) is 11.6 Å². The third kappa shape index (κ3) is 6.43. The average Bonchev–Trinajstić information content (AvgIpc) is 2.76. The number of amides is 3. The molecule has 170 valence electrons. The third-order valence-electron chi connectivity index (χ3n) is 4.94. The minimum Gasteiger partial charge on any atom is -0.491 e. The zero-order valence-corrected chi connectivity index (χ0v) is 18.5. The summed E-state index contributed by atoms with van der Waals surface area (Å²) in [5, 5.41) is 6.05. The topological polar surface area (TPSA) is 87.7 Å². The molecule has 2 aromatic carbocycles. The van der Waals surface area contributed by atoms with Gasteiger partial charge in [-0.3, -0.25) is 14.4 Å². The number of carbonyl (C=O) groups excluding carboxylic acids is 3. The number of hydrogen-bond donors (Lipinski definition) is 2. The molecule has 0 aromatic heterocycles. The molecule has 0 fully saturated rings. The van der Waals surface area contributed by atoms with Crippen molar-refractivity contribution in [3.8, 4) is 5.75 Å². The molecule has 2 aromatic rings. The molecule has 0 spiro atoms. The zero-order chi connectivity index (χ0) is 23.1. The molecule has 9 heteroatoms. The van der Waals surface area contributed by atoms with E-state index < -0.39 is 5.82 Å². The van der Waals surface area contributed by atoms with Crippen LogP contribution in [0.1, 0.15) is 40.5 Å². The summed E-state index contributed by atoms with van der Waals surface area (Å²) in [7, 11) is 0. The molecule has 1 heterocycles. The van der Waals surface area contributed by atoms with Crippen LogP contribution in [0, 0.1) is 5.82 Å². The fraction of sp³-hybridized carbons (Fsp3) is 0.348. The van der Waals surface area contributed by atoms with Crippen LogP contribution in [0.25, 0.3) is 0 Å². The van der Waals surface area contributed by atoms with Gasteiger partial charge < -0.3 is 20.3 Å². The monoisotopic (exact) mass is 461 g/mol.